The Bertz CT molecular complexity index is 1360. The van der Waals surface area contributed by atoms with E-state index in [2.05, 4.69) is 4.98 Å². The fraction of sp³-hybridized carbons (Fsp3) is 0. The van der Waals surface area contributed by atoms with E-state index in [9.17, 15) is 9.59 Å². The summed E-state index contributed by atoms with van der Waals surface area (Å²) >= 11 is 0. The van der Waals surface area contributed by atoms with Gasteiger partial charge in [-0.1, -0.05) is 48.6 Å². The van der Waals surface area contributed by atoms with Crippen LogP contribution < -0.4 is 11.0 Å². The first kappa shape index (κ1) is 14.7. The minimum Gasteiger partial charge on any atom is -0.354 e. The lowest BCUT2D eigenvalue weighted by atomic mass is 10.0. The van der Waals surface area contributed by atoms with Crippen molar-refractivity contribution in [3.63, 3.8) is 0 Å². The molecular weight excluding hydrogens is 324 g/mol. The number of fused-ring (bicyclic) bond motifs is 2. The molecule has 2 heterocycles. The minimum atomic E-state index is -0.308. The first-order valence-electron chi connectivity index (χ1n) is 8.39. The fourth-order valence-corrected chi connectivity index (χ4v) is 3.41. The highest BCUT2D eigenvalue weighted by Gasteiger charge is 2.18. The van der Waals surface area contributed by atoms with Gasteiger partial charge in [0.2, 0.25) is 5.43 Å². The molecule has 4 nitrogen and oxygen atoms in total. The number of rotatable bonds is 2. The normalized spacial score (nSPS) is 13.0. The van der Waals surface area contributed by atoms with Crippen molar-refractivity contribution in [1.82, 2.24) is 9.55 Å². The third-order valence-corrected chi connectivity index (χ3v) is 4.74. The van der Waals surface area contributed by atoms with Gasteiger partial charge in [-0.05, 0) is 35.9 Å². The molecule has 0 atom stereocenters. The van der Waals surface area contributed by atoms with Crippen LogP contribution >= 0.6 is 0 Å². The lowest BCUT2D eigenvalue weighted by Crippen LogP contribution is -2.26. The molecule has 0 radical (unpaired) electrons. The summed E-state index contributed by atoms with van der Waals surface area (Å²) in [5, 5.41) is 0.701. The summed E-state index contributed by atoms with van der Waals surface area (Å²) in [6.07, 6.45) is 5.85. The van der Waals surface area contributed by atoms with Gasteiger partial charge in [0.1, 0.15) is 5.39 Å². The summed E-state index contributed by atoms with van der Waals surface area (Å²) in [6.45, 7) is 0. The lowest BCUT2D eigenvalue weighted by Gasteiger charge is -2.17. The molecule has 1 aliphatic rings. The van der Waals surface area contributed by atoms with Crippen LogP contribution in [-0.2, 0) is 0 Å². The monoisotopic (exact) mass is 338 g/mol. The second kappa shape index (κ2) is 5.43. The van der Waals surface area contributed by atoms with Gasteiger partial charge in [-0.3, -0.25) is 14.2 Å². The molecule has 0 fully saturated rings. The standard InChI is InChI=1S/C22H14N2O2/c25-21-16-11-4-5-12-17(16)23-18-13-19(14-7-6-8-14)24(22(26)20(18)21)15-9-2-1-3-10-15/h1-13H,(H,23,25). The number of para-hydroxylation sites is 2. The Labute approximate surface area is 148 Å². The molecule has 1 aliphatic carbocycles. The quantitative estimate of drug-likeness (QED) is 0.566. The van der Waals surface area contributed by atoms with Gasteiger partial charge < -0.3 is 4.98 Å². The number of hydrogen-bond acceptors (Lipinski definition) is 2. The Morgan fingerprint density at radius 1 is 0.846 bits per heavy atom. The molecule has 2 aromatic heterocycles. The van der Waals surface area contributed by atoms with Gasteiger partial charge in [0.15, 0.2) is 0 Å². The number of pyridine rings is 2. The van der Waals surface area contributed by atoms with Crippen LogP contribution in [0.2, 0.25) is 0 Å². The zero-order chi connectivity index (χ0) is 17.7. The third-order valence-electron chi connectivity index (χ3n) is 4.74. The van der Waals surface area contributed by atoms with Gasteiger partial charge in [0.05, 0.1) is 11.2 Å². The van der Waals surface area contributed by atoms with Gasteiger partial charge in [-0.2, -0.15) is 0 Å². The second-order valence-electron chi connectivity index (χ2n) is 6.28. The van der Waals surface area contributed by atoms with Crippen molar-refractivity contribution in [3.05, 3.63) is 105 Å². The van der Waals surface area contributed by atoms with E-state index in [0.29, 0.717) is 10.9 Å². The van der Waals surface area contributed by atoms with Crippen LogP contribution in [0.4, 0.5) is 0 Å². The van der Waals surface area contributed by atoms with Crippen LogP contribution in [0.5, 0.6) is 0 Å². The smallest absolute Gasteiger partial charge is 0.268 e. The SMILES string of the molecule is O=c1c2ccccc2[nH]c2cc(C3=CC=C3)n(-c3ccccc3)c(=O)c12. The highest BCUT2D eigenvalue weighted by atomic mass is 16.1. The lowest BCUT2D eigenvalue weighted by molar-refractivity contribution is 0.982. The summed E-state index contributed by atoms with van der Waals surface area (Å²) < 4.78 is 1.61. The molecule has 0 aliphatic heterocycles. The predicted molar refractivity (Wildman–Crippen MR) is 105 cm³/mol. The number of nitrogens with zero attached hydrogens (tertiary/aromatic N) is 1. The Balaban J connectivity index is 1.98. The van der Waals surface area contributed by atoms with Crippen LogP contribution in [0, 0.1) is 0 Å². The second-order valence-corrected chi connectivity index (χ2v) is 6.28. The molecule has 0 saturated heterocycles. The topological polar surface area (TPSA) is 54.9 Å². The highest BCUT2D eigenvalue weighted by Crippen LogP contribution is 2.25. The average Bonchev–Trinajstić information content (AvgIpc) is 2.61. The van der Waals surface area contributed by atoms with Crippen molar-refractivity contribution in [2.24, 2.45) is 0 Å². The fourth-order valence-electron chi connectivity index (χ4n) is 3.41. The van der Waals surface area contributed by atoms with Gasteiger partial charge in [0, 0.05) is 16.6 Å². The van der Waals surface area contributed by atoms with E-state index in [0.717, 1.165) is 22.5 Å². The zero-order valence-corrected chi connectivity index (χ0v) is 13.8. The summed E-state index contributed by atoms with van der Waals surface area (Å²) in [5.41, 5.74) is 3.20. The van der Waals surface area contributed by atoms with Crippen LogP contribution in [-0.4, -0.2) is 9.55 Å². The van der Waals surface area contributed by atoms with Crippen molar-refractivity contribution in [1.29, 1.82) is 0 Å². The van der Waals surface area contributed by atoms with Gasteiger partial charge in [0.25, 0.3) is 5.56 Å². The molecule has 0 bridgehead atoms. The Morgan fingerprint density at radius 2 is 1.58 bits per heavy atom. The molecule has 0 amide bonds. The van der Waals surface area contributed by atoms with E-state index in [-0.39, 0.29) is 16.4 Å². The number of H-pyrrole nitrogens is 1. The summed E-state index contributed by atoms with van der Waals surface area (Å²) in [4.78, 5) is 29.6. The van der Waals surface area contributed by atoms with E-state index >= 15 is 0 Å². The summed E-state index contributed by atoms with van der Waals surface area (Å²) in [6, 6.07) is 18.5. The Hall–Kier alpha value is -3.66. The Kier molecular flexibility index (Phi) is 3.06. The van der Waals surface area contributed by atoms with Crippen LogP contribution in [0.25, 0.3) is 33.1 Å². The van der Waals surface area contributed by atoms with E-state index in [1.165, 1.54) is 0 Å². The molecule has 0 spiro atoms. The van der Waals surface area contributed by atoms with Crippen molar-refractivity contribution < 1.29 is 0 Å². The largest absolute Gasteiger partial charge is 0.354 e. The molecule has 124 valence electrons. The molecule has 1 N–H and O–H groups in total. The van der Waals surface area contributed by atoms with E-state index < -0.39 is 0 Å². The maximum absolute atomic E-state index is 13.4. The number of hydrogen-bond donors (Lipinski definition) is 1. The highest BCUT2D eigenvalue weighted by molar-refractivity contribution is 5.94. The number of aromatic amines is 1. The Morgan fingerprint density at radius 3 is 2.31 bits per heavy atom. The molecule has 0 unspecified atom stereocenters. The zero-order valence-electron chi connectivity index (χ0n) is 13.8. The van der Waals surface area contributed by atoms with Crippen LogP contribution in [0.15, 0.2) is 88.5 Å². The third kappa shape index (κ3) is 2.02. The first-order valence-corrected chi connectivity index (χ1v) is 8.39. The van der Waals surface area contributed by atoms with Gasteiger partial charge in [-0.25, -0.2) is 0 Å². The van der Waals surface area contributed by atoms with Crippen molar-refractivity contribution in [3.8, 4) is 5.69 Å². The average molecular weight is 338 g/mol. The number of benzene rings is 2. The van der Waals surface area contributed by atoms with Crippen molar-refractivity contribution in [2.75, 3.05) is 0 Å². The van der Waals surface area contributed by atoms with Gasteiger partial charge in [-0.15, -0.1) is 0 Å². The first-order chi connectivity index (χ1) is 12.7. The minimum absolute atomic E-state index is 0.181. The molecule has 0 saturated carbocycles. The van der Waals surface area contributed by atoms with Crippen LogP contribution in [0.1, 0.15) is 5.69 Å². The maximum atomic E-state index is 13.4. The van der Waals surface area contributed by atoms with Crippen molar-refractivity contribution in [2.45, 2.75) is 0 Å². The van der Waals surface area contributed by atoms with E-state index in [4.69, 9.17) is 0 Å². The molecule has 2 aromatic carbocycles. The molecule has 26 heavy (non-hydrogen) atoms. The number of aromatic nitrogens is 2. The molecular formula is C22H14N2O2. The summed E-state index contributed by atoms with van der Waals surface area (Å²) in [5.74, 6) is 0. The molecule has 4 heteroatoms. The summed E-state index contributed by atoms with van der Waals surface area (Å²) in [7, 11) is 0. The number of allylic oxidation sites excluding steroid dienone is 4. The molecule has 5 rings (SSSR count). The van der Waals surface area contributed by atoms with E-state index in [1.54, 1.807) is 16.7 Å². The van der Waals surface area contributed by atoms with E-state index in [1.807, 2.05) is 66.8 Å². The molecule has 4 aromatic rings. The predicted octanol–water partition coefficient (Wildman–Crippen LogP) is 3.79. The van der Waals surface area contributed by atoms with Gasteiger partial charge >= 0.3 is 0 Å². The maximum Gasteiger partial charge on any atom is 0.268 e. The number of nitrogens with one attached hydrogen (secondary N) is 1. The van der Waals surface area contributed by atoms with Crippen molar-refractivity contribution >= 4 is 27.4 Å². The van der Waals surface area contributed by atoms with Crippen LogP contribution in [0.3, 0.4) is 0 Å².